The number of carbonyl (C=O) groups excluding carboxylic acids is 1. The van der Waals surface area contributed by atoms with Gasteiger partial charge >= 0.3 is 0 Å². The van der Waals surface area contributed by atoms with Crippen molar-refractivity contribution in [1.29, 1.82) is 0 Å². The minimum Gasteiger partial charge on any atom is -0.466 e. The molecule has 1 aromatic heterocycles. The molecule has 116 valence electrons. The van der Waals surface area contributed by atoms with Crippen LogP contribution in [-0.2, 0) is 0 Å². The number of rotatable bonds is 3. The molecular weight excluding hydrogens is 272 g/mol. The number of nitrogens with zero attached hydrogens (tertiary/aromatic N) is 3. The molecule has 1 aromatic rings. The lowest BCUT2D eigenvalue weighted by atomic mass is 10.1. The minimum atomic E-state index is 0.0188. The van der Waals surface area contributed by atoms with Crippen LogP contribution < -0.4 is 5.73 Å². The molecule has 0 aliphatic carbocycles. The van der Waals surface area contributed by atoms with E-state index < -0.39 is 0 Å². The molecule has 0 spiro atoms. The molecule has 1 aliphatic heterocycles. The molecule has 1 fully saturated rings. The van der Waals surface area contributed by atoms with E-state index in [1.54, 1.807) is 0 Å². The van der Waals surface area contributed by atoms with Gasteiger partial charge in [-0.25, -0.2) is 0 Å². The Hall–Kier alpha value is -2.02. The summed E-state index contributed by atoms with van der Waals surface area (Å²) in [5.74, 6) is 1.67. The molecule has 7 nitrogen and oxygen atoms in total. The van der Waals surface area contributed by atoms with Crippen LogP contribution in [0, 0.1) is 20.8 Å². The molecule has 21 heavy (non-hydrogen) atoms. The van der Waals surface area contributed by atoms with Gasteiger partial charge in [0.2, 0.25) is 0 Å². The molecule has 2 rings (SSSR count). The Morgan fingerprint density at radius 1 is 1.24 bits per heavy atom. The first-order valence-corrected chi connectivity index (χ1v) is 6.98. The predicted molar refractivity (Wildman–Crippen MR) is 78.7 cm³/mol. The van der Waals surface area contributed by atoms with Gasteiger partial charge in [0.15, 0.2) is 5.84 Å². The summed E-state index contributed by atoms with van der Waals surface area (Å²) in [6, 6.07) is 0. The lowest BCUT2D eigenvalue weighted by molar-refractivity contribution is 0.0651. The quantitative estimate of drug-likeness (QED) is 0.370. The molecular formula is C14H22N4O3. The van der Waals surface area contributed by atoms with E-state index in [4.69, 9.17) is 15.4 Å². The second-order valence-electron chi connectivity index (χ2n) is 5.37. The zero-order valence-corrected chi connectivity index (χ0v) is 12.7. The van der Waals surface area contributed by atoms with Gasteiger partial charge < -0.3 is 20.3 Å². The average Bonchev–Trinajstić information content (AvgIpc) is 2.72. The lowest BCUT2D eigenvalue weighted by Gasteiger charge is -2.34. The fraction of sp³-hybridized carbons (Fsp3) is 0.571. The number of oxime groups is 1. The summed E-state index contributed by atoms with van der Waals surface area (Å²) in [6.45, 7) is 8.68. The van der Waals surface area contributed by atoms with E-state index in [2.05, 4.69) is 10.1 Å². The van der Waals surface area contributed by atoms with Crippen molar-refractivity contribution in [2.45, 2.75) is 20.8 Å². The van der Waals surface area contributed by atoms with E-state index in [0.29, 0.717) is 44.0 Å². The van der Waals surface area contributed by atoms with Crippen LogP contribution in [0.2, 0.25) is 0 Å². The molecule has 7 heteroatoms. The topological polar surface area (TPSA) is 95.3 Å². The summed E-state index contributed by atoms with van der Waals surface area (Å²) in [5, 5.41) is 11.5. The van der Waals surface area contributed by atoms with Gasteiger partial charge in [-0.05, 0) is 20.8 Å². The maximum atomic E-state index is 12.6. The minimum absolute atomic E-state index is 0.0188. The first-order chi connectivity index (χ1) is 9.93. The Labute approximate surface area is 124 Å². The lowest BCUT2D eigenvalue weighted by Crippen LogP contribution is -2.50. The van der Waals surface area contributed by atoms with Crippen LogP contribution in [-0.4, -0.2) is 59.5 Å². The van der Waals surface area contributed by atoms with Crippen LogP contribution >= 0.6 is 0 Å². The van der Waals surface area contributed by atoms with Crippen LogP contribution in [0.5, 0.6) is 0 Å². The molecule has 0 atom stereocenters. The standard InChI is InChI=1S/C14H22N4O3/c1-9-10(2)21-11(3)13(9)14(19)18-6-4-17(5-7-18)8-12(15)16-20/h20H,4-8H2,1-3H3,(H2,15,16). The number of hydrogen-bond donors (Lipinski definition) is 2. The molecule has 3 N–H and O–H groups in total. The zero-order chi connectivity index (χ0) is 15.6. The first-order valence-electron chi connectivity index (χ1n) is 6.98. The fourth-order valence-corrected chi connectivity index (χ4v) is 2.64. The fourth-order valence-electron chi connectivity index (χ4n) is 2.64. The van der Waals surface area contributed by atoms with Gasteiger partial charge in [-0.15, -0.1) is 0 Å². The number of carbonyl (C=O) groups is 1. The third kappa shape index (κ3) is 3.18. The van der Waals surface area contributed by atoms with Crippen LogP contribution in [0.4, 0.5) is 0 Å². The Bertz CT molecular complexity index is 557. The van der Waals surface area contributed by atoms with E-state index in [1.165, 1.54) is 0 Å². The van der Waals surface area contributed by atoms with Crippen molar-refractivity contribution in [3.05, 3.63) is 22.6 Å². The molecule has 1 saturated heterocycles. The summed E-state index contributed by atoms with van der Waals surface area (Å²) < 4.78 is 5.53. The van der Waals surface area contributed by atoms with Crippen molar-refractivity contribution in [2.75, 3.05) is 32.7 Å². The summed E-state index contributed by atoms with van der Waals surface area (Å²) in [5.41, 5.74) is 7.09. The van der Waals surface area contributed by atoms with Gasteiger partial charge in [-0.2, -0.15) is 0 Å². The highest BCUT2D eigenvalue weighted by Gasteiger charge is 2.27. The highest BCUT2D eigenvalue weighted by molar-refractivity contribution is 5.97. The first kappa shape index (κ1) is 15.4. The third-order valence-electron chi connectivity index (χ3n) is 3.95. The zero-order valence-electron chi connectivity index (χ0n) is 12.7. The number of furan rings is 1. The Morgan fingerprint density at radius 2 is 1.86 bits per heavy atom. The van der Waals surface area contributed by atoms with Crippen LogP contribution in [0.3, 0.4) is 0 Å². The molecule has 0 saturated carbocycles. The van der Waals surface area contributed by atoms with Crippen molar-refractivity contribution in [1.82, 2.24) is 9.80 Å². The highest BCUT2D eigenvalue weighted by Crippen LogP contribution is 2.22. The average molecular weight is 294 g/mol. The van der Waals surface area contributed by atoms with E-state index in [9.17, 15) is 4.79 Å². The summed E-state index contributed by atoms with van der Waals surface area (Å²) in [4.78, 5) is 16.5. The number of amidine groups is 1. The van der Waals surface area contributed by atoms with E-state index in [1.807, 2.05) is 25.7 Å². The molecule has 0 unspecified atom stereocenters. The van der Waals surface area contributed by atoms with Crippen LogP contribution in [0.15, 0.2) is 9.57 Å². The van der Waals surface area contributed by atoms with Crippen molar-refractivity contribution >= 4 is 11.7 Å². The Balaban J connectivity index is 2.00. The molecule has 1 amide bonds. The summed E-state index contributed by atoms with van der Waals surface area (Å²) in [6.07, 6.45) is 0. The number of hydrogen-bond acceptors (Lipinski definition) is 5. The van der Waals surface area contributed by atoms with Crippen LogP contribution in [0.1, 0.15) is 27.4 Å². The third-order valence-corrected chi connectivity index (χ3v) is 3.95. The maximum Gasteiger partial charge on any atom is 0.257 e. The normalized spacial score (nSPS) is 17.3. The predicted octanol–water partition coefficient (Wildman–Crippen LogP) is 0.709. The van der Waals surface area contributed by atoms with Crippen molar-refractivity contribution in [3.63, 3.8) is 0 Å². The van der Waals surface area contributed by atoms with Crippen LogP contribution in [0.25, 0.3) is 0 Å². The number of nitrogens with two attached hydrogens (primary N) is 1. The van der Waals surface area contributed by atoms with Crippen molar-refractivity contribution in [3.8, 4) is 0 Å². The van der Waals surface area contributed by atoms with Crippen molar-refractivity contribution < 1.29 is 14.4 Å². The van der Waals surface area contributed by atoms with E-state index in [0.717, 1.165) is 11.3 Å². The van der Waals surface area contributed by atoms with Gasteiger partial charge in [0.1, 0.15) is 11.5 Å². The van der Waals surface area contributed by atoms with Crippen molar-refractivity contribution in [2.24, 2.45) is 10.9 Å². The molecule has 2 heterocycles. The maximum absolute atomic E-state index is 12.6. The van der Waals surface area contributed by atoms with E-state index >= 15 is 0 Å². The smallest absolute Gasteiger partial charge is 0.257 e. The number of piperazine rings is 1. The van der Waals surface area contributed by atoms with E-state index in [-0.39, 0.29) is 11.7 Å². The number of aryl methyl sites for hydroxylation is 2. The molecule has 0 aromatic carbocycles. The van der Waals surface area contributed by atoms with Gasteiger partial charge in [0.05, 0.1) is 12.1 Å². The second kappa shape index (κ2) is 6.17. The highest BCUT2D eigenvalue weighted by atomic mass is 16.4. The summed E-state index contributed by atoms with van der Waals surface area (Å²) in [7, 11) is 0. The molecule has 0 radical (unpaired) electrons. The Morgan fingerprint density at radius 3 is 2.33 bits per heavy atom. The van der Waals surface area contributed by atoms with Gasteiger partial charge in [0.25, 0.3) is 5.91 Å². The largest absolute Gasteiger partial charge is 0.466 e. The number of amides is 1. The Kier molecular flexibility index (Phi) is 4.52. The molecule has 0 bridgehead atoms. The van der Waals surface area contributed by atoms with Gasteiger partial charge in [-0.1, -0.05) is 5.16 Å². The monoisotopic (exact) mass is 294 g/mol. The SMILES string of the molecule is Cc1oc(C)c(C(=O)N2CCN(CC(N)=NO)CC2)c1C. The van der Waals surface area contributed by atoms with Gasteiger partial charge in [-0.3, -0.25) is 9.69 Å². The summed E-state index contributed by atoms with van der Waals surface area (Å²) >= 11 is 0. The second-order valence-corrected chi connectivity index (χ2v) is 5.37. The van der Waals surface area contributed by atoms with Gasteiger partial charge in [0, 0.05) is 31.7 Å². The molecule has 1 aliphatic rings.